The van der Waals surface area contributed by atoms with Gasteiger partial charge in [0.2, 0.25) is 0 Å². The molecule has 1 aromatic heterocycles. The standard InChI is InChI=1S/C16H36N.C7H4N2O2S/c1-5-7-9-10-11-12-13-14-16-17(3,4)15-8-6-2;10-7(11)4-2-1-3-5-6(4)12-9-8-5/h5-16H2,1-4H3;1-3H,(H,10,11)/q+1;/p-1. The Balaban J connectivity index is 0.000000304. The smallest absolute Gasteiger partial charge is 0.106 e. The van der Waals surface area contributed by atoms with E-state index in [-0.39, 0.29) is 5.56 Å². The summed E-state index contributed by atoms with van der Waals surface area (Å²) in [5, 5.41) is 14.3. The summed E-state index contributed by atoms with van der Waals surface area (Å²) >= 11 is 1.06. The van der Waals surface area contributed by atoms with E-state index in [9.17, 15) is 9.90 Å². The molecule has 0 saturated heterocycles. The highest BCUT2D eigenvalue weighted by atomic mass is 32.1. The van der Waals surface area contributed by atoms with Crippen LogP contribution in [0.15, 0.2) is 18.2 Å². The minimum Gasteiger partial charge on any atom is -0.545 e. The number of fused-ring (bicyclic) bond motifs is 1. The number of carbonyl (C=O) groups is 1. The maximum Gasteiger partial charge on any atom is 0.106 e. The number of carboxylic acids is 1. The number of aromatic carboxylic acids is 1. The molecule has 5 nitrogen and oxygen atoms in total. The van der Waals surface area contributed by atoms with E-state index in [1.54, 1.807) is 12.1 Å². The van der Waals surface area contributed by atoms with Crippen molar-refractivity contribution in [1.29, 1.82) is 0 Å². The van der Waals surface area contributed by atoms with Crippen molar-refractivity contribution in [3.05, 3.63) is 23.8 Å². The van der Waals surface area contributed by atoms with Crippen LogP contribution in [-0.4, -0.2) is 47.2 Å². The van der Waals surface area contributed by atoms with Crippen LogP contribution < -0.4 is 5.11 Å². The van der Waals surface area contributed by atoms with Gasteiger partial charge in [-0.15, -0.1) is 5.10 Å². The van der Waals surface area contributed by atoms with E-state index in [1.807, 2.05) is 0 Å². The molecule has 6 heteroatoms. The van der Waals surface area contributed by atoms with Crippen LogP contribution >= 0.6 is 11.5 Å². The lowest BCUT2D eigenvalue weighted by atomic mass is 10.1. The van der Waals surface area contributed by atoms with E-state index in [4.69, 9.17) is 0 Å². The summed E-state index contributed by atoms with van der Waals surface area (Å²) in [6.45, 7) is 7.30. The first-order chi connectivity index (χ1) is 13.9. The highest BCUT2D eigenvalue weighted by Crippen LogP contribution is 2.19. The van der Waals surface area contributed by atoms with Gasteiger partial charge in [-0.2, -0.15) is 0 Å². The highest BCUT2D eigenvalue weighted by Gasteiger charge is 2.12. The van der Waals surface area contributed by atoms with E-state index in [0.717, 1.165) is 11.5 Å². The van der Waals surface area contributed by atoms with Gasteiger partial charge >= 0.3 is 0 Å². The van der Waals surface area contributed by atoms with Crippen molar-refractivity contribution in [3.63, 3.8) is 0 Å². The van der Waals surface area contributed by atoms with Crippen molar-refractivity contribution in [2.24, 2.45) is 0 Å². The average Bonchev–Trinajstić information content (AvgIpc) is 3.17. The Morgan fingerprint density at radius 1 is 0.931 bits per heavy atom. The third-order valence-corrected chi connectivity index (χ3v) is 6.00. The Bertz CT molecular complexity index is 700. The van der Waals surface area contributed by atoms with Crippen LogP contribution in [0.5, 0.6) is 0 Å². The van der Waals surface area contributed by atoms with Crippen molar-refractivity contribution >= 4 is 27.7 Å². The summed E-state index contributed by atoms with van der Waals surface area (Å²) in [6.07, 6.45) is 14.2. The SMILES string of the molecule is CCCCCCCCCC[N+](C)(C)CCCC.O=C([O-])c1cccc2nnsc12. The molecule has 1 aromatic carbocycles. The predicted molar refractivity (Wildman–Crippen MR) is 121 cm³/mol. The summed E-state index contributed by atoms with van der Waals surface area (Å²) in [6, 6.07) is 4.82. The summed E-state index contributed by atoms with van der Waals surface area (Å²) < 4.78 is 5.44. The summed E-state index contributed by atoms with van der Waals surface area (Å²) in [5.41, 5.74) is 0.754. The van der Waals surface area contributed by atoms with Crippen LogP contribution in [0.3, 0.4) is 0 Å². The number of rotatable bonds is 13. The zero-order valence-corrected chi connectivity index (χ0v) is 19.6. The number of unbranched alkanes of at least 4 members (excludes halogenated alkanes) is 8. The van der Waals surface area contributed by atoms with Gasteiger partial charge in [-0.05, 0) is 36.9 Å². The maximum absolute atomic E-state index is 10.6. The molecule has 0 amide bonds. The fourth-order valence-electron chi connectivity index (χ4n) is 3.34. The normalized spacial score (nSPS) is 11.3. The maximum atomic E-state index is 10.6. The quantitative estimate of drug-likeness (QED) is 0.335. The van der Waals surface area contributed by atoms with Crippen LogP contribution in [0, 0.1) is 0 Å². The highest BCUT2D eigenvalue weighted by molar-refractivity contribution is 7.13. The van der Waals surface area contributed by atoms with Gasteiger partial charge in [-0.25, -0.2) is 0 Å². The molecule has 0 spiro atoms. The molecule has 0 saturated carbocycles. The van der Waals surface area contributed by atoms with E-state index in [1.165, 1.54) is 87.8 Å². The van der Waals surface area contributed by atoms with Crippen LogP contribution in [-0.2, 0) is 0 Å². The first kappa shape index (κ1) is 25.5. The molecule has 2 rings (SSSR count). The van der Waals surface area contributed by atoms with Crippen molar-refractivity contribution in [1.82, 2.24) is 9.59 Å². The molecule has 0 atom stereocenters. The van der Waals surface area contributed by atoms with E-state index in [0.29, 0.717) is 10.2 Å². The van der Waals surface area contributed by atoms with Crippen LogP contribution in [0.25, 0.3) is 10.2 Å². The Hall–Kier alpha value is -1.53. The van der Waals surface area contributed by atoms with Gasteiger partial charge in [-0.1, -0.05) is 75.4 Å². The monoisotopic (exact) mass is 421 g/mol. The second-order valence-corrected chi connectivity index (χ2v) is 9.18. The number of hydrogen-bond donors (Lipinski definition) is 0. The van der Waals surface area contributed by atoms with Gasteiger partial charge < -0.3 is 14.4 Å². The van der Waals surface area contributed by atoms with Gasteiger partial charge in [0.05, 0.1) is 37.9 Å². The lowest BCUT2D eigenvalue weighted by Gasteiger charge is -2.29. The number of aromatic nitrogens is 2. The molecule has 0 N–H and O–H groups in total. The predicted octanol–water partition coefficient (Wildman–Crippen LogP) is 5.06. The largest absolute Gasteiger partial charge is 0.545 e. The van der Waals surface area contributed by atoms with Gasteiger partial charge in [-0.3, -0.25) is 0 Å². The zero-order valence-electron chi connectivity index (χ0n) is 18.8. The molecule has 0 aliphatic carbocycles. The van der Waals surface area contributed by atoms with Gasteiger partial charge in [0.15, 0.2) is 0 Å². The third kappa shape index (κ3) is 10.7. The topological polar surface area (TPSA) is 65.9 Å². The van der Waals surface area contributed by atoms with Crippen LogP contribution in [0.4, 0.5) is 0 Å². The van der Waals surface area contributed by atoms with Crippen LogP contribution in [0.1, 0.15) is 88.4 Å². The molecule has 164 valence electrons. The molecule has 29 heavy (non-hydrogen) atoms. The van der Waals surface area contributed by atoms with Crippen LogP contribution in [0.2, 0.25) is 0 Å². The molecule has 0 aliphatic rings. The van der Waals surface area contributed by atoms with E-state index >= 15 is 0 Å². The second kappa shape index (κ2) is 14.5. The Morgan fingerprint density at radius 3 is 2.14 bits per heavy atom. The Morgan fingerprint density at radius 2 is 1.52 bits per heavy atom. The van der Waals surface area contributed by atoms with Gasteiger partial charge in [0.25, 0.3) is 0 Å². The fraction of sp³-hybridized carbons (Fsp3) is 0.696. The summed E-state index contributed by atoms with van der Waals surface area (Å²) in [5.74, 6) is -1.19. The first-order valence-corrected chi connectivity index (χ1v) is 11.9. The molecule has 1 heterocycles. The number of carboxylic acid groups (broad SMARTS) is 1. The number of carbonyl (C=O) groups excluding carboxylic acids is 1. The average molecular weight is 422 g/mol. The van der Waals surface area contributed by atoms with Gasteiger partial charge in [0.1, 0.15) is 5.52 Å². The Labute approximate surface area is 180 Å². The minimum atomic E-state index is -1.19. The Kier molecular flexibility index (Phi) is 12.7. The second-order valence-electron chi connectivity index (χ2n) is 8.43. The number of hydrogen-bond acceptors (Lipinski definition) is 5. The summed E-state index contributed by atoms with van der Waals surface area (Å²) in [7, 11) is 4.77. The molecule has 0 fully saturated rings. The fourth-order valence-corrected chi connectivity index (χ4v) is 4.00. The number of nitrogens with zero attached hydrogens (tertiary/aromatic N) is 3. The van der Waals surface area contributed by atoms with Crippen molar-refractivity contribution < 1.29 is 14.4 Å². The minimum absolute atomic E-state index is 0.155. The van der Waals surface area contributed by atoms with E-state index in [2.05, 4.69) is 37.5 Å². The molecular weight excluding hydrogens is 382 g/mol. The molecular formula is C23H39N3O2S. The molecule has 2 aromatic rings. The summed E-state index contributed by atoms with van der Waals surface area (Å²) in [4.78, 5) is 10.6. The van der Waals surface area contributed by atoms with Crippen molar-refractivity contribution in [3.8, 4) is 0 Å². The van der Waals surface area contributed by atoms with Crippen molar-refractivity contribution in [2.45, 2.75) is 78.1 Å². The molecule has 0 radical (unpaired) electrons. The van der Waals surface area contributed by atoms with Gasteiger partial charge in [0, 0.05) is 5.56 Å². The lowest BCUT2D eigenvalue weighted by Crippen LogP contribution is -2.41. The van der Waals surface area contributed by atoms with Crippen molar-refractivity contribution in [2.75, 3.05) is 27.2 Å². The third-order valence-electron chi connectivity index (χ3n) is 5.23. The number of benzene rings is 1. The molecule has 0 bridgehead atoms. The first-order valence-electron chi connectivity index (χ1n) is 11.2. The molecule has 0 aliphatic heterocycles. The number of quaternary nitrogens is 1. The zero-order chi connectivity index (χ0) is 21.5. The lowest BCUT2D eigenvalue weighted by molar-refractivity contribution is -0.890. The van der Waals surface area contributed by atoms with E-state index < -0.39 is 5.97 Å². The molecule has 0 unspecified atom stereocenters.